The summed E-state index contributed by atoms with van der Waals surface area (Å²) in [7, 11) is -3.85. The predicted octanol–water partition coefficient (Wildman–Crippen LogP) is 1.15. The number of aryl methyl sites for hydroxylation is 1. The minimum absolute atomic E-state index is 0.0259. The number of rotatable bonds is 6. The maximum Gasteiger partial charge on any atom is 0.302 e. The summed E-state index contributed by atoms with van der Waals surface area (Å²) in [5, 5.41) is 2.73. The molecule has 11 nitrogen and oxygen atoms in total. The van der Waals surface area contributed by atoms with Crippen LogP contribution in [0.3, 0.4) is 0 Å². The molecule has 0 aliphatic carbocycles. The number of nitrogens with one attached hydrogen (secondary N) is 1. The maximum atomic E-state index is 13.0. The highest BCUT2D eigenvalue weighted by Gasteiger charge is 2.39. The molecule has 3 heterocycles. The summed E-state index contributed by atoms with van der Waals surface area (Å²) in [5.74, 6) is -1.17. The smallest absolute Gasteiger partial charge is 0.302 e. The van der Waals surface area contributed by atoms with Gasteiger partial charge in [0.1, 0.15) is 17.7 Å². The van der Waals surface area contributed by atoms with Crippen molar-refractivity contribution in [2.24, 2.45) is 0 Å². The number of aromatic nitrogens is 3. The number of hydrogen-bond donors (Lipinski definition) is 1. The topological polar surface area (TPSA) is 141 Å². The number of esters is 1. The van der Waals surface area contributed by atoms with E-state index in [4.69, 9.17) is 4.74 Å². The molecule has 2 aromatic heterocycles. The lowest BCUT2D eigenvalue weighted by atomic mass is 10.2. The van der Waals surface area contributed by atoms with E-state index in [9.17, 15) is 22.8 Å². The number of amides is 2. The summed E-state index contributed by atoms with van der Waals surface area (Å²) in [6.45, 7) is 4.68. The van der Waals surface area contributed by atoms with E-state index in [0.29, 0.717) is 11.2 Å². The van der Waals surface area contributed by atoms with Gasteiger partial charge in [0.05, 0.1) is 29.9 Å². The molecule has 3 aromatic rings. The van der Waals surface area contributed by atoms with Gasteiger partial charge in [-0.15, -0.1) is 0 Å². The minimum Gasteiger partial charge on any atom is -0.461 e. The van der Waals surface area contributed by atoms with Crippen molar-refractivity contribution in [1.29, 1.82) is 0 Å². The minimum atomic E-state index is -3.85. The molecular formula is C23H25N5O6S. The van der Waals surface area contributed by atoms with Crippen LogP contribution in [0.15, 0.2) is 47.6 Å². The summed E-state index contributed by atoms with van der Waals surface area (Å²) in [5.41, 5.74) is 1.89. The zero-order valence-corrected chi connectivity index (χ0v) is 20.3. The first-order valence-electron chi connectivity index (χ1n) is 10.9. The molecule has 12 heteroatoms. The van der Waals surface area contributed by atoms with Gasteiger partial charge in [0.25, 0.3) is 10.0 Å². The van der Waals surface area contributed by atoms with Gasteiger partial charge in [-0.1, -0.05) is 17.7 Å². The van der Waals surface area contributed by atoms with E-state index in [0.717, 1.165) is 9.54 Å². The van der Waals surface area contributed by atoms with Crippen LogP contribution in [-0.4, -0.2) is 63.7 Å². The van der Waals surface area contributed by atoms with Gasteiger partial charge in [0.15, 0.2) is 5.65 Å². The standard InChI is InChI=1S/C23H25N5O6S/c1-14-4-6-19(7-5-14)35(32,33)28-9-8-20-22(28)24-11-17(26-20)12-25-23(31)21-10-18(34-16(3)30)13-27(21)15(2)29/h4-9,11,18,21H,10,12-13H2,1-3H3,(H,25,31)/t18-,21-/m1/s1. The second-order valence-electron chi connectivity index (χ2n) is 8.37. The lowest BCUT2D eigenvalue weighted by molar-refractivity contribution is -0.146. The van der Waals surface area contributed by atoms with Crippen LogP contribution in [0.2, 0.25) is 0 Å². The highest BCUT2D eigenvalue weighted by atomic mass is 32.2. The lowest BCUT2D eigenvalue weighted by Crippen LogP contribution is -2.45. The largest absolute Gasteiger partial charge is 0.461 e. The Morgan fingerprint density at radius 2 is 1.86 bits per heavy atom. The summed E-state index contributed by atoms with van der Waals surface area (Å²) >= 11 is 0. The molecular weight excluding hydrogens is 474 g/mol. The Bertz CT molecular complexity index is 1400. The van der Waals surface area contributed by atoms with Gasteiger partial charge in [0, 0.05) is 26.5 Å². The van der Waals surface area contributed by atoms with Crippen molar-refractivity contribution in [2.75, 3.05) is 6.54 Å². The number of hydrogen-bond acceptors (Lipinski definition) is 8. The molecule has 0 unspecified atom stereocenters. The Morgan fingerprint density at radius 3 is 2.51 bits per heavy atom. The van der Waals surface area contributed by atoms with E-state index in [1.165, 1.54) is 49.3 Å². The molecule has 1 aliphatic rings. The fourth-order valence-electron chi connectivity index (χ4n) is 4.04. The molecule has 0 bridgehead atoms. The van der Waals surface area contributed by atoms with E-state index in [2.05, 4.69) is 15.3 Å². The SMILES string of the molecule is CC(=O)O[C@@H]1C[C@H](C(=O)NCc2cnc3c(ccn3S(=O)(=O)c3ccc(C)cc3)n2)N(C(C)=O)C1. The van der Waals surface area contributed by atoms with Crippen LogP contribution in [0.4, 0.5) is 0 Å². The maximum absolute atomic E-state index is 13.0. The lowest BCUT2D eigenvalue weighted by Gasteiger charge is -2.21. The van der Waals surface area contributed by atoms with E-state index in [1.54, 1.807) is 12.1 Å². The molecule has 0 radical (unpaired) electrons. The van der Waals surface area contributed by atoms with Crippen LogP contribution in [0.25, 0.3) is 11.2 Å². The van der Waals surface area contributed by atoms with Crippen LogP contribution >= 0.6 is 0 Å². The quantitative estimate of drug-likeness (QED) is 0.498. The number of fused-ring (bicyclic) bond motifs is 1. The predicted molar refractivity (Wildman–Crippen MR) is 124 cm³/mol. The van der Waals surface area contributed by atoms with Crippen LogP contribution in [0.5, 0.6) is 0 Å². The molecule has 0 saturated carbocycles. The van der Waals surface area contributed by atoms with Gasteiger partial charge in [-0.2, -0.15) is 0 Å². The molecule has 1 aromatic carbocycles. The first kappa shape index (κ1) is 24.3. The molecule has 1 saturated heterocycles. The molecule has 1 N–H and O–H groups in total. The number of ether oxygens (including phenoxy) is 1. The van der Waals surface area contributed by atoms with E-state index >= 15 is 0 Å². The second-order valence-corrected chi connectivity index (χ2v) is 10.2. The first-order valence-corrected chi connectivity index (χ1v) is 12.4. The molecule has 35 heavy (non-hydrogen) atoms. The zero-order chi connectivity index (χ0) is 25.3. The first-order chi connectivity index (χ1) is 16.6. The molecule has 1 aliphatic heterocycles. The molecule has 2 amide bonds. The van der Waals surface area contributed by atoms with Crippen LogP contribution in [-0.2, 0) is 35.7 Å². The zero-order valence-electron chi connectivity index (χ0n) is 19.5. The number of benzene rings is 1. The molecule has 184 valence electrons. The van der Waals surface area contributed by atoms with Gasteiger partial charge in [-0.05, 0) is 25.1 Å². The Labute approximate surface area is 202 Å². The fourth-order valence-corrected chi connectivity index (χ4v) is 5.33. The van der Waals surface area contributed by atoms with Crippen molar-refractivity contribution in [2.45, 2.75) is 50.8 Å². The summed E-state index contributed by atoms with van der Waals surface area (Å²) in [6.07, 6.45) is 2.44. The number of nitrogens with zero attached hydrogens (tertiary/aromatic N) is 4. The number of likely N-dealkylation sites (tertiary alicyclic amines) is 1. The highest BCUT2D eigenvalue weighted by molar-refractivity contribution is 7.90. The Balaban J connectivity index is 1.48. The van der Waals surface area contributed by atoms with Gasteiger partial charge >= 0.3 is 5.97 Å². The summed E-state index contributed by atoms with van der Waals surface area (Å²) in [6, 6.07) is 7.28. The third kappa shape index (κ3) is 5.02. The third-order valence-corrected chi connectivity index (χ3v) is 7.41. The second kappa shape index (κ2) is 9.45. The van der Waals surface area contributed by atoms with Crippen molar-refractivity contribution < 1.29 is 27.5 Å². The Morgan fingerprint density at radius 1 is 1.14 bits per heavy atom. The third-order valence-electron chi connectivity index (χ3n) is 5.73. The normalized spacial score (nSPS) is 18.0. The average Bonchev–Trinajstić information content (AvgIpc) is 3.42. The monoisotopic (exact) mass is 499 g/mol. The van der Waals surface area contributed by atoms with Gasteiger partial charge in [-0.25, -0.2) is 22.4 Å². The molecule has 2 atom stereocenters. The van der Waals surface area contributed by atoms with E-state index in [1.807, 2.05) is 6.92 Å². The van der Waals surface area contributed by atoms with Crippen molar-refractivity contribution in [1.82, 2.24) is 24.2 Å². The highest BCUT2D eigenvalue weighted by Crippen LogP contribution is 2.22. The van der Waals surface area contributed by atoms with Crippen LogP contribution in [0.1, 0.15) is 31.5 Å². The van der Waals surface area contributed by atoms with Gasteiger partial charge < -0.3 is 15.0 Å². The molecule has 0 spiro atoms. The van der Waals surface area contributed by atoms with Crippen molar-refractivity contribution in [3.63, 3.8) is 0 Å². The molecule has 4 rings (SSSR count). The van der Waals surface area contributed by atoms with E-state index in [-0.39, 0.29) is 36.0 Å². The Hall–Kier alpha value is -3.80. The summed E-state index contributed by atoms with van der Waals surface area (Å²) < 4.78 is 32.3. The van der Waals surface area contributed by atoms with Crippen molar-refractivity contribution in [3.05, 3.63) is 54.0 Å². The Kier molecular flexibility index (Phi) is 6.57. The van der Waals surface area contributed by atoms with Gasteiger partial charge in [0.2, 0.25) is 11.8 Å². The van der Waals surface area contributed by atoms with Crippen LogP contribution in [0, 0.1) is 6.92 Å². The number of carbonyl (C=O) groups excluding carboxylic acids is 3. The van der Waals surface area contributed by atoms with Crippen molar-refractivity contribution >= 4 is 39.0 Å². The van der Waals surface area contributed by atoms with Crippen LogP contribution < -0.4 is 5.32 Å². The number of carbonyl (C=O) groups is 3. The van der Waals surface area contributed by atoms with Gasteiger partial charge in [-0.3, -0.25) is 14.4 Å². The molecule has 1 fully saturated rings. The fraction of sp³-hybridized carbons (Fsp3) is 0.348. The summed E-state index contributed by atoms with van der Waals surface area (Å²) in [4.78, 5) is 46.1. The average molecular weight is 500 g/mol. The van der Waals surface area contributed by atoms with Crippen molar-refractivity contribution in [3.8, 4) is 0 Å². The van der Waals surface area contributed by atoms with E-state index < -0.39 is 34.0 Å².